The van der Waals surface area contributed by atoms with E-state index in [0.29, 0.717) is 19.2 Å². The van der Waals surface area contributed by atoms with Gasteiger partial charge < -0.3 is 10.1 Å². The molecule has 1 atom stereocenters. The number of nitrogens with zero attached hydrogens (tertiary/aromatic N) is 2. The standard InChI is InChI=1S/C22H25N3O2S/c1-27-13-11-24-22(26)21-8-7-20(28-21)19-6-3-12-25(19)15-17-5-2-4-16-14-23-10-9-18(16)17/h2,4-5,7-10,14,19H,3,6,11-13,15H2,1H3,(H,24,26)/t19-/m0/s1. The summed E-state index contributed by atoms with van der Waals surface area (Å²) in [6, 6.07) is 13.0. The van der Waals surface area contributed by atoms with Gasteiger partial charge >= 0.3 is 0 Å². The molecule has 2 aromatic heterocycles. The number of nitrogens with one attached hydrogen (secondary N) is 1. The summed E-state index contributed by atoms with van der Waals surface area (Å²) < 4.78 is 4.99. The van der Waals surface area contributed by atoms with E-state index in [1.54, 1.807) is 18.4 Å². The number of benzene rings is 1. The van der Waals surface area contributed by atoms with Crippen LogP contribution < -0.4 is 5.32 Å². The fraction of sp³-hybridized carbons (Fsp3) is 0.364. The summed E-state index contributed by atoms with van der Waals surface area (Å²) in [6.07, 6.45) is 6.11. The van der Waals surface area contributed by atoms with Crippen LogP contribution in [0.5, 0.6) is 0 Å². The Labute approximate surface area is 169 Å². The average molecular weight is 396 g/mol. The summed E-state index contributed by atoms with van der Waals surface area (Å²) in [4.78, 5) is 21.1. The molecule has 3 heterocycles. The monoisotopic (exact) mass is 395 g/mol. The number of pyridine rings is 1. The highest BCUT2D eigenvalue weighted by molar-refractivity contribution is 7.14. The number of likely N-dealkylation sites (tertiary alicyclic amines) is 1. The number of carbonyl (C=O) groups excluding carboxylic acids is 1. The van der Waals surface area contributed by atoms with Gasteiger partial charge in [-0.15, -0.1) is 11.3 Å². The molecule has 0 radical (unpaired) electrons. The Bertz CT molecular complexity index is 950. The van der Waals surface area contributed by atoms with E-state index in [9.17, 15) is 4.79 Å². The van der Waals surface area contributed by atoms with Crippen molar-refractivity contribution >= 4 is 28.0 Å². The van der Waals surface area contributed by atoms with Crippen molar-refractivity contribution < 1.29 is 9.53 Å². The third kappa shape index (κ3) is 4.09. The molecular weight excluding hydrogens is 370 g/mol. The minimum atomic E-state index is -0.0144. The van der Waals surface area contributed by atoms with Crippen LogP contribution in [0, 0.1) is 0 Å². The van der Waals surface area contributed by atoms with Crippen LogP contribution >= 0.6 is 11.3 Å². The molecule has 0 aliphatic carbocycles. The first-order chi connectivity index (χ1) is 13.8. The van der Waals surface area contributed by atoms with Crippen LogP contribution in [0.4, 0.5) is 0 Å². The maximum absolute atomic E-state index is 12.3. The smallest absolute Gasteiger partial charge is 0.261 e. The Kier molecular flexibility index (Phi) is 6.00. The van der Waals surface area contributed by atoms with E-state index in [0.717, 1.165) is 24.4 Å². The highest BCUT2D eigenvalue weighted by Crippen LogP contribution is 2.37. The lowest BCUT2D eigenvalue weighted by Gasteiger charge is -2.24. The first-order valence-electron chi connectivity index (χ1n) is 9.69. The summed E-state index contributed by atoms with van der Waals surface area (Å²) in [5.41, 5.74) is 1.33. The van der Waals surface area contributed by atoms with Crippen LogP contribution in [-0.2, 0) is 11.3 Å². The van der Waals surface area contributed by atoms with Crippen molar-refractivity contribution in [3.05, 3.63) is 64.1 Å². The summed E-state index contributed by atoms with van der Waals surface area (Å²) in [6.45, 7) is 3.06. The minimum absolute atomic E-state index is 0.0144. The fourth-order valence-corrected chi connectivity index (χ4v) is 4.99. The Hall–Kier alpha value is -2.28. The number of amides is 1. The molecule has 4 rings (SSSR count). The zero-order chi connectivity index (χ0) is 19.3. The van der Waals surface area contributed by atoms with E-state index in [-0.39, 0.29) is 5.91 Å². The molecule has 28 heavy (non-hydrogen) atoms. The first-order valence-corrected chi connectivity index (χ1v) is 10.5. The molecule has 6 heteroatoms. The Balaban J connectivity index is 1.49. The number of hydrogen-bond donors (Lipinski definition) is 1. The second-order valence-electron chi connectivity index (χ2n) is 7.09. The number of hydrogen-bond acceptors (Lipinski definition) is 5. The van der Waals surface area contributed by atoms with Gasteiger partial charge in [0.25, 0.3) is 5.91 Å². The highest BCUT2D eigenvalue weighted by Gasteiger charge is 2.28. The van der Waals surface area contributed by atoms with E-state index in [1.807, 2.05) is 18.5 Å². The minimum Gasteiger partial charge on any atom is -0.383 e. The molecule has 1 fully saturated rings. The normalized spacial score (nSPS) is 17.2. The molecular formula is C22H25N3O2S. The molecule has 1 aliphatic rings. The van der Waals surface area contributed by atoms with E-state index >= 15 is 0 Å². The third-order valence-electron chi connectivity index (χ3n) is 5.28. The molecule has 0 unspecified atom stereocenters. The molecule has 1 saturated heterocycles. The van der Waals surface area contributed by atoms with Crippen molar-refractivity contribution in [1.82, 2.24) is 15.2 Å². The molecule has 0 saturated carbocycles. The second kappa shape index (κ2) is 8.82. The molecule has 0 spiro atoms. The van der Waals surface area contributed by atoms with Crippen molar-refractivity contribution in [2.24, 2.45) is 0 Å². The predicted molar refractivity (Wildman–Crippen MR) is 113 cm³/mol. The van der Waals surface area contributed by atoms with Gasteiger partial charge in [-0.25, -0.2) is 0 Å². The summed E-state index contributed by atoms with van der Waals surface area (Å²) in [5, 5.41) is 5.36. The molecule has 1 amide bonds. The van der Waals surface area contributed by atoms with Crippen molar-refractivity contribution in [3.63, 3.8) is 0 Å². The number of aromatic nitrogens is 1. The quantitative estimate of drug-likeness (QED) is 0.614. The average Bonchev–Trinajstić information content (AvgIpc) is 3.38. The van der Waals surface area contributed by atoms with Gasteiger partial charge in [0, 0.05) is 48.9 Å². The number of rotatable bonds is 7. The van der Waals surface area contributed by atoms with Gasteiger partial charge in [0.15, 0.2) is 0 Å². The summed E-state index contributed by atoms with van der Waals surface area (Å²) in [5.74, 6) is -0.0144. The number of fused-ring (bicyclic) bond motifs is 1. The zero-order valence-corrected chi connectivity index (χ0v) is 16.9. The molecule has 1 N–H and O–H groups in total. The summed E-state index contributed by atoms with van der Waals surface area (Å²) in [7, 11) is 1.64. The Morgan fingerprint density at radius 3 is 3.14 bits per heavy atom. The van der Waals surface area contributed by atoms with E-state index in [4.69, 9.17) is 4.74 Å². The fourth-order valence-electron chi connectivity index (χ4n) is 3.89. The maximum atomic E-state index is 12.3. The van der Waals surface area contributed by atoms with Gasteiger partial charge in [0.05, 0.1) is 11.5 Å². The first kappa shape index (κ1) is 19.1. The van der Waals surface area contributed by atoms with Gasteiger partial charge in [-0.2, -0.15) is 0 Å². The van der Waals surface area contributed by atoms with Crippen LogP contribution in [0.15, 0.2) is 48.8 Å². The lowest BCUT2D eigenvalue weighted by atomic mass is 10.1. The van der Waals surface area contributed by atoms with Gasteiger partial charge in [-0.3, -0.25) is 14.7 Å². The van der Waals surface area contributed by atoms with Crippen molar-refractivity contribution in [3.8, 4) is 0 Å². The van der Waals surface area contributed by atoms with Gasteiger partial charge in [-0.1, -0.05) is 18.2 Å². The van der Waals surface area contributed by atoms with Crippen LogP contribution in [0.3, 0.4) is 0 Å². The Morgan fingerprint density at radius 1 is 1.32 bits per heavy atom. The third-order valence-corrected chi connectivity index (χ3v) is 6.46. The molecule has 0 bridgehead atoms. The lowest BCUT2D eigenvalue weighted by Crippen LogP contribution is -2.26. The van der Waals surface area contributed by atoms with Crippen LogP contribution in [-0.4, -0.2) is 42.6 Å². The summed E-state index contributed by atoms with van der Waals surface area (Å²) >= 11 is 1.61. The molecule has 1 aromatic carbocycles. The number of ether oxygens (including phenoxy) is 1. The maximum Gasteiger partial charge on any atom is 0.261 e. The van der Waals surface area contributed by atoms with E-state index in [2.05, 4.69) is 45.5 Å². The lowest BCUT2D eigenvalue weighted by molar-refractivity contribution is 0.0941. The van der Waals surface area contributed by atoms with Crippen LogP contribution in [0.25, 0.3) is 10.8 Å². The van der Waals surface area contributed by atoms with E-state index < -0.39 is 0 Å². The van der Waals surface area contributed by atoms with Gasteiger partial charge in [0.1, 0.15) is 0 Å². The van der Waals surface area contributed by atoms with Crippen LogP contribution in [0.1, 0.15) is 39.0 Å². The number of carbonyl (C=O) groups is 1. The molecule has 5 nitrogen and oxygen atoms in total. The largest absolute Gasteiger partial charge is 0.383 e. The number of methoxy groups -OCH3 is 1. The molecule has 1 aliphatic heterocycles. The predicted octanol–water partition coefficient (Wildman–Crippen LogP) is 4.01. The van der Waals surface area contributed by atoms with Crippen molar-refractivity contribution in [2.45, 2.75) is 25.4 Å². The van der Waals surface area contributed by atoms with Crippen molar-refractivity contribution in [2.75, 3.05) is 26.8 Å². The highest BCUT2D eigenvalue weighted by atomic mass is 32.1. The van der Waals surface area contributed by atoms with Gasteiger partial charge in [0.2, 0.25) is 0 Å². The molecule has 146 valence electrons. The van der Waals surface area contributed by atoms with Crippen LogP contribution in [0.2, 0.25) is 0 Å². The Morgan fingerprint density at radius 2 is 2.25 bits per heavy atom. The molecule has 3 aromatic rings. The van der Waals surface area contributed by atoms with Gasteiger partial charge in [-0.05, 0) is 48.5 Å². The SMILES string of the molecule is COCCNC(=O)c1ccc([C@@H]2CCCN2Cc2cccc3cnccc23)s1. The van der Waals surface area contributed by atoms with E-state index in [1.165, 1.54) is 27.6 Å². The number of thiophene rings is 1. The topological polar surface area (TPSA) is 54.5 Å². The zero-order valence-electron chi connectivity index (χ0n) is 16.1. The van der Waals surface area contributed by atoms with Crippen molar-refractivity contribution in [1.29, 1.82) is 0 Å². The second-order valence-corrected chi connectivity index (χ2v) is 8.21.